The molecule has 1 saturated carbocycles. The highest BCUT2D eigenvalue weighted by Gasteiger charge is 2.28. The van der Waals surface area contributed by atoms with Gasteiger partial charge in [0.25, 0.3) is 0 Å². The summed E-state index contributed by atoms with van der Waals surface area (Å²) in [5.74, 6) is 1.75. The van der Waals surface area contributed by atoms with Crippen LogP contribution >= 0.6 is 27.3 Å². The second-order valence-electron chi connectivity index (χ2n) is 4.33. The number of hydrogen-bond donors (Lipinski definition) is 1. The lowest BCUT2D eigenvalue weighted by atomic mass is 10.1. The summed E-state index contributed by atoms with van der Waals surface area (Å²) in [7, 11) is 0. The molecule has 2 unspecified atom stereocenters. The molecule has 2 aromatic rings. The van der Waals surface area contributed by atoms with Crippen molar-refractivity contribution in [1.82, 2.24) is 10.1 Å². The Hall–Kier alpha value is -0.720. The Labute approximate surface area is 111 Å². The van der Waals surface area contributed by atoms with Gasteiger partial charge in [-0.3, -0.25) is 0 Å². The average molecular weight is 314 g/mol. The van der Waals surface area contributed by atoms with Crippen LogP contribution in [0.25, 0.3) is 10.7 Å². The predicted octanol–water partition coefficient (Wildman–Crippen LogP) is 3.16. The van der Waals surface area contributed by atoms with Crippen LogP contribution in [0, 0.1) is 0 Å². The maximum atomic E-state index is 5.89. The van der Waals surface area contributed by atoms with Crippen LogP contribution in [-0.2, 0) is 0 Å². The lowest BCUT2D eigenvalue weighted by molar-refractivity contribution is 0.353. The first-order chi connectivity index (χ1) is 8.22. The van der Waals surface area contributed by atoms with Crippen LogP contribution in [0.3, 0.4) is 0 Å². The maximum absolute atomic E-state index is 5.89. The highest BCUT2D eigenvalue weighted by atomic mass is 79.9. The lowest BCUT2D eigenvalue weighted by Gasteiger charge is -2.01. The first kappa shape index (κ1) is 11.4. The Morgan fingerprint density at radius 2 is 2.29 bits per heavy atom. The van der Waals surface area contributed by atoms with E-state index in [2.05, 4.69) is 26.1 Å². The Morgan fingerprint density at radius 1 is 1.41 bits per heavy atom. The molecule has 4 nitrogen and oxygen atoms in total. The van der Waals surface area contributed by atoms with E-state index in [1.54, 1.807) is 11.3 Å². The van der Waals surface area contributed by atoms with Gasteiger partial charge in [-0.15, -0.1) is 11.3 Å². The number of nitrogens with zero attached hydrogens (tertiary/aromatic N) is 2. The van der Waals surface area contributed by atoms with Crippen LogP contribution in [0.15, 0.2) is 20.4 Å². The molecule has 1 aliphatic carbocycles. The van der Waals surface area contributed by atoms with E-state index in [0.717, 1.165) is 33.8 Å². The molecule has 0 spiro atoms. The van der Waals surface area contributed by atoms with Crippen LogP contribution < -0.4 is 5.73 Å². The Kier molecular flexibility index (Phi) is 3.02. The van der Waals surface area contributed by atoms with E-state index >= 15 is 0 Å². The van der Waals surface area contributed by atoms with Crippen molar-refractivity contribution in [1.29, 1.82) is 0 Å². The normalized spacial score (nSPS) is 24.4. The number of aromatic nitrogens is 2. The summed E-state index contributed by atoms with van der Waals surface area (Å²) < 4.78 is 6.41. The van der Waals surface area contributed by atoms with Gasteiger partial charge in [-0.1, -0.05) is 5.16 Å². The van der Waals surface area contributed by atoms with Gasteiger partial charge >= 0.3 is 0 Å². The summed E-state index contributed by atoms with van der Waals surface area (Å²) in [5.41, 5.74) is 5.89. The molecule has 6 heteroatoms. The third-order valence-electron chi connectivity index (χ3n) is 3.06. The summed E-state index contributed by atoms with van der Waals surface area (Å²) >= 11 is 5.03. The monoisotopic (exact) mass is 313 g/mol. The van der Waals surface area contributed by atoms with Gasteiger partial charge in [0.15, 0.2) is 0 Å². The Morgan fingerprint density at radius 3 is 2.94 bits per heavy atom. The zero-order valence-electron chi connectivity index (χ0n) is 9.10. The Balaban J connectivity index is 1.83. The standard InChI is InChI=1S/C11H12BrN3OS/c12-9-4-3-8(17-9)10-14-11(16-15-10)6-1-2-7(13)5-6/h3-4,6-7H,1-2,5,13H2. The van der Waals surface area contributed by atoms with E-state index in [-0.39, 0.29) is 6.04 Å². The maximum Gasteiger partial charge on any atom is 0.230 e. The SMILES string of the molecule is NC1CCC(c2nc(-c3ccc(Br)s3)no2)C1. The van der Waals surface area contributed by atoms with Crippen molar-refractivity contribution >= 4 is 27.3 Å². The molecule has 0 radical (unpaired) electrons. The van der Waals surface area contributed by atoms with Gasteiger partial charge in [-0.2, -0.15) is 4.98 Å². The van der Waals surface area contributed by atoms with Crippen molar-refractivity contribution in [3.8, 4) is 10.7 Å². The lowest BCUT2D eigenvalue weighted by Crippen LogP contribution is -2.14. The first-order valence-electron chi connectivity index (χ1n) is 5.57. The minimum absolute atomic E-state index is 0.284. The number of hydrogen-bond acceptors (Lipinski definition) is 5. The fourth-order valence-electron chi connectivity index (χ4n) is 2.18. The topological polar surface area (TPSA) is 64.9 Å². The zero-order valence-corrected chi connectivity index (χ0v) is 11.5. The van der Waals surface area contributed by atoms with E-state index in [1.165, 1.54) is 0 Å². The van der Waals surface area contributed by atoms with Gasteiger partial charge in [0.1, 0.15) is 0 Å². The van der Waals surface area contributed by atoms with Crippen LogP contribution in [0.4, 0.5) is 0 Å². The van der Waals surface area contributed by atoms with E-state index < -0.39 is 0 Å². The molecule has 0 saturated heterocycles. The molecule has 2 N–H and O–H groups in total. The van der Waals surface area contributed by atoms with Crippen molar-refractivity contribution in [2.75, 3.05) is 0 Å². The van der Waals surface area contributed by atoms with Crippen LogP contribution in [0.5, 0.6) is 0 Å². The first-order valence-corrected chi connectivity index (χ1v) is 7.18. The third kappa shape index (κ3) is 2.29. The van der Waals surface area contributed by atoms with E-state index in [1.807, 2.05) is 12.1 Å². The van der Waals surface area contributed by atoms with Crippen molar-refractivity contribution in [2.24, 2.45) is 5.73 Å². The summed E-state index contributed by atoms with van der Waals surface area (Å²) in [6.45, 7) is 0. The van der Waals surface area contributed by atoms with Gasteiger partial charge in [0.2, 0.25) is 11.7 Å². The average Bonchev–Trinajstić information content (AvgIpc) is 2.96. The minimum atomic E-state index is 0.284. The second kappa shape index (κ2) is 4.51. The van der Waals surface area contributed by atoms with Crippen molar-refractivity contribution in [2.45, 2.75) is 31.2 Å². The van der Waals surface area contributed by atoms with Crippen LogP contribution in [-0.4, -0.2) is 16.2 Å². The zero-order chi connectivity index (χ0) is 11.8. The summed E-state index contributed by atoms with van der Waals surface area (Å²) in [6.07, 6.45) is 3.06. The second-order valence-corrected chi connectivity index (χ2v) is 6.79. The van der Waals surface area contributed by atoms with E-state index in [9.17, 15) is 0 Å². The minimum Gasteiger partial charge on any atom is -0.339 e. The van der Waals surface area contributed by atoms with Gasteiger partial charge in [0, 0.05) is 12.0 Å². The summed E-state index contributed by atoms with van der Waals surface area (Å²) in [4.78, 5) is 5.49. The molecule has 0 aliphatic heterocycles. The van der Waals surface area contributed by atoms with Crippen LogP contribution in [0.1, 0.15) is 31.1 Å². The molecule has 1 aliphatic rings. The van der Waals surface area contributed by atoms with Crippen LogP contribution in [0.2, 0.25) is 0 Å². The molecule has 2 aromatic heterocycles. The van der Waals surface area contributed by atoms with Gasteiger partial charge in [-0.25, -0.2) is 0 Å². The number of rotatable bonds is 2. The molecule has 2 atom stereocenters. The summed E-state index contributed by atoms with van der Waals surface area (Å²) in [5, 5.41) is 4.03. The number of nitrogens with two attached hydrogens (primary N) is 1. The predicted molar refractivity (Wildman–Crippen MR) is 69.9 cm³/mol. The molecular formula is C11H12BrN3OS. The number of halogens is 1. The Bertz CT molecular complexity index is 524. The number of thiophene rings is 1. The summed E-state index contributed by atoms with van der Waals surface area (Å²) in [6, 6.07) is 4.26. The molecule has 0 bridgehead atoms. The smallest absolute Gasteiger partial charge is 0.230 e. The largest absolute Gasteiger partial charge is 0.339 e. The highest BCUT2D eigenvalue weighted by molar-refractivity contribution is 9.11. The fraction of sp³-hybridized carbons (Fsp3) is 0.455. The van der Waals surface area contributed by atoms with Crippen molar-refractivity contribution < 1.29 is 4.52 Å². The molecule has 1 fully saturated rings. The molecule has 90 valence electrons. The van der Waals surface area contributed by atoms with Crippen molar-refractivity contribution in [3.05, 3.63) is 21.8 Å². The fourth-order valence-corrected chi connectivity index (χ4v) is 3.49. The molecule has 3 rings (SSSR count). The quantitative estimate of drug-likeness (QED) is 0.925. The van der Waals surface area contributed by atoms with Crippen molar-refractivity contribution in [3.63, 3.8) is 0 Å². The molecule has 2 heterocycles. The van der Waals surface area contributed by atoms with E-state index in [4.69, 9.17) is 10.3 Å². The van der Waals surface area contributed by atoms with Gasteiger partial charge in [0.05, 0.1) is 8.66 Å². The molecule has 17 heavy (non-hydrogen) atoms. The van der Waals surface area contributed by atoms with E-state index in [0.29, 0.717) is 11.7 Å². The molecule has 0 amide bonds. The highest BCUT2D eigenvalue weighted by Crippen LogP contribution is 2.35. The van der Waals surface area contributed by atoms with Gasteiger partial charge < -0.3 is 10.3 Å². The third-order valence-corrected chi connectivity index (χ3v) is 4.68. The molecule has 0 aromatic carbocycles. The van der Waals surface area contributed by atoms with Gasteiger partial charge in [-0.05, 0) is 47.3 Å². The molecular weight excluding hydrogens is 302 g/mol.